The predicted molar refractivity (Wildman–Crippen MR) is 68.8 cm³/mol. The van der Waals surface area contributed by atoms with Gasteiger partial charge in [0.1, 0.15) is 0 Å². The van der Waals surface area contributed by atoms with Crippen LogP contribution >= 0.6 is 0 Å². The van der Waals surface area contributed by atoms with Crippen LogP contribution in [0.25, 0.3) is 0 Å². The van der Waals surface area contributed by atoms with Crippen LogP contribution in [0, 0.1) is 6.92 Å². The molecule has 0 N–H and O–H groups in total. The zero-order valence-electron chi connectivity index (χ0n) is 10.9. The van der Waals surface area contributed by atoms with Crippen LogP contribution in [0.1, 0.15) is 19.3 Å². The van der Waals surface area contributed by atoms with E-state index in [9.17, 15) is 9.59 Å². The van der Waals surface area contributed by atoms with E-state index in [1.807, 2.05) is 4.90 Å². The summed E-state index contributed by atoms with van der Waals surface area (Å²) in [5.74, 6) is 0.0613. The topological polar surface area (TPSA) is 43.9 Å². The Morgan fingerprint density at radius 3 is 1.94 bits per heavy atom. The van der Waals surface area contributed by atoms with Gasteiger partial charge in [0.2, 0.25) is 11.8 Å². The van der Waals surface area contributed by atoms with Gasteiger partial charge in [0, 0.05) is 33.1 Å². The monoisotopic (exact) mass is 252 g/mol. The third-order valence-electron chi connectivity index (χ3n) is 3.79. The van der Waals surface area contributed by atoms with E-state index in [1.54, 1.807) is 4.90 Å². The second-order valence-corrected chi connectivity index (χ2v) is 5.10. The number of likely N-dealkylation sites (tertiary alicyclic amines) is 1. The minimum absolute atomic E-state index is 0.141. The highest BCUT2D eigenvalue weighted by Crippen LogP contribution is 2.09. The molecular weight excluding hydrogens is 230 g/mol. The number of piperidine rings is 1. The number of amides is 2. The average molecular weight is 252 g/mol. The van der Waals surface area contributed by atoms with Crippen LogP contribution in [-0.4, -0.2) is 72.3 Å². The molecule has 5 nitrogen and oxygen atoms in total. The summed E-state index contributed by atoms with van der Waals surface area (Å²) in [5, 5.41) is 0. The van der Waals surface area contributed by atoms with Crippen LogP contribution in [0.4, 0.5) is 0 Å². The summed E-state index contributed by atoms with van der Waals surface area (Å²) in [5.41, 5.74) is 0. The fourth-order valence-corrected chi connectivity index (χ4v) is 2.61. The summed E-state index contributed by atoms with van der Waals surface area (Å²) >= 11 is 0. The van der Waals surface area contributed by atoms with Crippen LogP contribution in [0.3, 0.4) is 0 Å². The molecule has 0 aromatic heterocycles. The lowest BCUT2D eigenvalue weighted by molar-refractivity contribution is -0.138. The summed E-state index contributed by atoms with van der Waals surface area (Å²) in [6.45, 7) is 8.56. The number of carbonyl (C=O) groups is 2. The Morgan fingerprint density at radius 1 is 0.833 bits per heavy atom. The molecule has 2 amide bonds. The summed E-state index contributed by atoms with van der Waals surface area (Å²) in [4.78, 5) is 29.0. The lowest BCUT2D eigenvalue weighted by atomic mass is 10.1. The fraction of sp³-hybridized carbons (Fsp3) is 0.769. The lowest BCUT2D eigenvalue weighted by Crippen LogP contribution is -2.52. The van der Waals surface area contributed by atoms with E-state index in [4.69, 9.17) is 0 Å². The van der Waals surface area contributed by atoms with Gasteiger partial charge in [0.15, 0.2) is 0 Å². The second-order valence-electron chi connectivity index (χ2n) is 5.10. The molecule has 0 bridgehead atoms. The van der Waals surface area contributed by atoms with Gasteiger partial charge in [-0.15, -0.1) is 0 Å². The molecule has 0 aromatic carbocycles. The largest absolute Gasteiger partial charge is 0.339 e. The van der Waals surface area contributed by atoms with Gasteiger partial charge in [-0.25, -0.2) is 0 Å². The second kappa shape index (κ2) is 6.18. The number of hydrogen-bond acceptors (Lipinski definition) is 3. The first-order valence-electron chi connectivity index (χ1n) is 6.78. The van der Waals surface area contributed by atoms with Crippen LogP contribution in [0.15, 0.2) is 0 Å². The van der Waals surface area contributed by atoms with E-state index < -0.39 is 0 Å². The van der Waals surface area contributed by atoms with Crippen molar-refractivity contribution in [1.82, 2.24) is 14.7 Å². The van der Waals surface area contributed by atoms with Crippen LogP contribution in [-0.2, 0) is 9.59 Å². The molecule has 101 valence electrons. The van der Waals surface area contributed by atoms with Gasteiger partial charge in [-0.3, -0.25) is 14.5 Å². The smallest absolute Gasteiger partial charge is 0.236 e. The van der Waals surface area contributed by atoms with Gasteiger partial charge in [-0.2, -0.15) is 0 Å². The molecule has 5 heteroatoms. The van der Waals surface area contributed by atoms with E-state index in [-0.39, 0.29) is 11.8 Å². The molecule has 0 spiro atoms. The van der Waals surface area contributed by atoms with Crippen molar-refractivity contribution in [1.29, 1.82) is 0 Å². The Hall–Kier alpha value is -1.10. The van der Waals surface area contributed by atoms with Crippen molar-refractivity contribution < 1.29 is 9.59 Å². The zero-order valence-corrected chi connectivity index (χ0v) is 10.9. The Bertz CT molecular complexity index is 305. The van der Waals surface area contributed by atoms with Gasteiger partial charge in [0.25, 0.3) is 0 Å². The van der Waals surface area contributed by atoms with E-state index in [0.717, 1.165) is 13.1 Å². The highest BCUT2D eigenvalue weighted by atomic mass is 16.2. The maximum Gasteiger partial charge on any atom is 0.236 e. The van der Waals surface area contributed by atoms with E-state index in [2.05, 4.69) is 11.8 Å². The highest BCUT2D eigenvalue weighted by Gasteiger charge is 2.24. The Kier molecular flexibility index (Phi) is 4.58. The van der Waals surface area contributed by atoms with Gasteiger partial charge < -0.3 is 9.80 Å². The lowest BCUT2D eigenvalue weighted by Gasteiger charge is -2.36. The normalized spacial score (nSPS) is 22.1. The van der Waals surface area contributed by atoms with Gasteiger partial charge in [-0.05, 0) is 25.9 Å². The van der Waals surface area contributed by atoms with E-state index in [1.165, 1.54) is 19.3 Å². The Labute approximate surface area is 109 Å². The van der Waals surface area contributed by atoms with Gasteiger partial charge in [-0.1, -0.05) is 6.42 Å². The van der Waals surface area contributed by atoms with E-state index in [0.29, 0.717) is 32.7 Å². The number of piperazine rings is 1. The van der Waals surface area contributed by atoms with Crippen molar-refractivity contribution in [2.45, 2.75) is 19.3 Å². The first kappa shape index (κ1) is 13.3. The van der Waals surface area contributed by atoms with Crippen molar-refractivity contribution in [3.05, 3.63) is 6.92 Å². The van der Waals surface area contributed by atoms with Crippen molar-refractivity contribution in [2.24, 2.45) is 0 Å². The minimum Gasteiger partial charge on any atom is -0.339 e. The SMILES string of the molecule is [CH2]C(=O)N1CCN(C(=O)CN2CCCCC2)CC1. The van der Waals surface area contributed by atoms with Crippen molar-refractivity contribution in [2.75, 3.05) is 45.8 Å². The number of carbonyl (C=O) groups excluding carboxylic acids is 2. The molecule has 2 heterocycles. The van der Waals surface area contributed by atoms with Crippen LogP contribution in [0.5, 0.6) is 0 Å². The molecular formula is C13H22N3O2. The van der Waals surface area contributed by atoms with E-state index >= 15 is 0 Å². The summed E-state index contributed by atoms with van der Waals surface area (Å²) in [7, 11) is 0. The van der Waals surface area contributed by atoms with Crippen molar-refractivity contribution in [3.8, 4) is 0 Å². The van der Waals surface area contributed by atoms with Crippen LogP contribution in [0.2, 0.25) is 0 Å². The third kappa shape index (κ3) is 3.45. The molecule has 2 saturated heterocycles. The fourth-order valence-electron chi connectivity index (χ4n) is 2.61. The first-order valence-corrected chi connectivity index (χ1v) is 6.78. The zero-order chi connectivity index (χ0) is 13.0. The third-order valence-corrected chi connectivity index (χ3v) is 3.79. The number of nitrogens with zero attached hydrogens (tertiary/aromatic N) is 3. The van der Waals surface area contributed by atoms with Gasteiger partial charge in [0.05, 0.1) is 6.54 Å². The minimum atomic E-state index is -0.141. The summed E-state index contributed by atoms with van der Waals surface area (Å²) in [6.07, 6.45) is 3.70. The molecule has 2 rings (SSSR count). The van der Waals surface area contributed by atoms with Gasteiger partial charge >= 0.3 is 0 Å². The number of hydrogen-bond donors (Lipinski definition) is 0. The molecule has 1 radical (unpaired) electrons. The number of rotatable bonds is 2. The maximum absolute atomic E-state index is 12.1. The molecule has 2 fully saturated rings. The summed E-state index contributed by atoms with van der Waals surface area (Å²) < 4.78 is 0. The summed E-state index contributed by atoms with van der Waals surface area (Å²) in [6, 6.07) is 0. The molecule has 0 saturated carbocycles. The average Bonchev–Trinajstić information content (AvgIpc) is 2.40. The molecule has 2 aliphatic rings. The highest BCUT2D eigenvalue weighted by molar-refractivity contribution is 5.81. The predicted octanol–water partition coefficient (Wildman–Crippen LogP) is -0.0228. The van der Waals surface area contributed by atoms with Crippen molar-refractivity contribution >= 4 is 11.8 Å². The quantitative estimate of drug-likeness (QED) is 0.693. The molecule has 2 aliphatic heterocycles. The standard InChI is InChI=1S/C13H22N3O2/c1-12(17)15-7-9-16(10-8-15)13(18)11-14-5-3-2-4-6-14/h1-11H2. The maximum atomic E-state index is 12.1. The van der Waals surface area contributed by atoms with Crippen molar-refractivity contribution in [3.63, 3.8) is 0 Å². The molecule has 0 aliphatic carbocycles. The molecule has 18 heavy (non-hydrogen) atoms. The molecule has 0 aromatic rings. The Balaban J connectivity index is 1.75. The Morgan fingerprint density at radius 2 is 1.39 bits per heavy atom. The first-order chi connectivity index (χ1) is 8.66. The molecule has 0 atom stereocenters. The molecule has 0 unspecified atom stereocenters. The van der Waals surface area contributed by atoms with Crippen LogP contribution < -0.4 is 0 Å².